The molecule has 0 spiro atoms. The second-order valence-electron chi connectivity index (χ2n) is 5.50. The summed E-state index contributed by atoms with van der Waals surface area (Å²) < 4.78 is 13.8. The summed E-state index contributed by atoms with van der Waals surface area (Å²) in [6.07, 6.45) is 0. The smallest absolute Gasteiger partial charge is 0.230 e. The average molecular weight is 372 g/mol. The summed E-state index contributed by atoms with van der Waals surface area (Å²) in [4.78, 5) is 16.5. The van der Waals surface area contributed by atoms with Gasteiger partial charge in [-0.05, 0) is 42.3 Å². The van der Waals surface area contributed by atoms with Crippen molar-refractivity contribution in [2.75, 3.05) is 5.75 Å². The van der Waals surface area contributed by atoms with Crippen molar-refractivity contribution in [1.29, 1.82) is 0 Å². The third-order valence-corrected chi connectivity index (χ3v) is 5.71. The molecule has 128 valence electrons. The molecule has 0 saturated heterocycles. The van der Waals surface area contributed by atoms with Gasteiger partial charge in [-0.1, -0.05) is 36.0 Å². The number of rotatable bonds is 6. The van der Waals surface area contributed by atoms with Crippen LogP contribution in [0.3, 0.4) is 0 Å². The minimum Gasteiger partial charge on any atom is -0.351 e. The van der Waals surface area contributed by atoms with Crippen molar-refractivity contribution in [3.63, 3.8) is 0 Å². The first-order chi connectivity index (χ1) is 12.1. The van der Waals surface area contributed by atoms with E-state index >= 15 is 0 Å². The first kappa shape index (κ1) is 17.6. The molecule has 0 bridgehead atoms. The van der Waals surface area contributed by atoms with Gasteiger partial charge in [0.05, 0.1) is 11.4 Å². The van der Waals surface area contributed by atoms with E-state index in [1.54, 1.807) is 12.1 Å². The van der Waals surface area contributed by atoms with Crippen LogP contribution < -0.4 is 5.32 Å². The van der Waals surface area contributed by atoms with Crippen molar-refractivity contribution in [1.82, 2.24) is 10.3 Å². The molecule has 1 heterocycles. The van der Waals surface area contributed by atoms with Crippen LogP contribution in [0.2, 0.25) is 0 Å². The van der Waals surface area contributed by atoms with Gasteiger partial charge < -0.3 is 5.32 Å². The Labute approximate surface area is 154 Å². The van der Waals surface area contributed by atoms with Gasteiger partial charge in [-0.15, -0.1) is 11.3 Å². The Morgan fingerprint density at radius 1 is 1.20 bits per heavy atom. The summed E-state index contributed by atoms with van der Waals surface area (Å²) in [6, 6.07) is 14.2. The highest BCUT2D eigenvalue weighted by Crippen LogP contribution is 2.28. The number of carbonyl (C=O) groups excluding carboxylic acids is 1. The van der Waals surface area contributed by atoms with E-state index in [2.05, 4.69) is 10.3 Å². The lowest BCUT2D eigenvalue weighted by Crippen LogP contribution is -2.24. The van der Waals surface area contributed by atoms with Gasteiger partial charge in [0.15, 0.2) is 4.34 Å². The molecule has 25 heavy (non-hydrogen) atoms. The number of hydrogen-bond donors (Lipinski definition) is 1. The quantitative estimate of drug-likeness (QED) is 0.640. The third kappa shape index (κ3) is 4.90. The van der Waals surface area contributed by atoms with Gasteiger partial charge in [0, 0.05) is 17.5 Å². The van der Waals surface area contributed by atoms with E-state index in [0.717, 1.165) is 21.2 Å². The highest BCUT2D eigenvalue weighted by atomic mass is 32.2. The van der Waals surface area contributed by atoms with Crippen LogP contribution in [0.4, 0.5) is 4.39 Å². The van der Waals surface area contributed by atoms with Crippen LogP contribution in [0.25, 0.3) is 11.3 Å². The number of nitrogens with zero attached hydrogens (tertiary/aromatic N) is 1. The Morgan fingerprint density at radius 3 is 2.72 bits per heavy atom. The molecule has 6 heteroatoms. The number of aromatic nitrogens is 1. The molecule has 0 aliphatic rings. The zero-order valence-electron chi connectivity index (χ0n) is 13.7. The lowest BCUT2D eigenvalue weighted by molar-refractivity contribution is -0.118. The molecule has 0 saturated carbocycles. The number of benzene rings is 2. The number of amides is 1. The summed E-state index contributed by atoms with van der Waals surface area (Å²) in [5, 5.41) is 4.85. The predicted molar refractivity (Wildman–Crippen MR) is 101 cm³/mol. The first-order valence-electron chi connectivity index (χ1n) is 7.77. The van der Waals surface area contributed by atoms with Crippen LogP contribution in [0.15, 0.2) is 58.3 Å². The Morgan fingerprint density at radius 2 is 1.96 bits per heavy atom. The maximum Gasteiger partial charge on any atom is 0.230 e. The van der Waals surface area contributed by atoms with Gasteiger partial charge in [0.25, 0.3) is 0 Å². The topological polar surface area (TPSA) is 42.0 Å². The minimum absolute atomic E-state index is 0.0215. The van der Waals surface area contributed by atoms with Crippen molar-refractivity contribution in [3.05, 3.63) is 70.9 Å². The standard InChI is InChI=1S/C19H17FN2OS2/c1-13-4-2-3-5-15(13)10-21-18(23)12-25-19-22-17(11-24-19)14-6-8-16(20)9-7-14/h2-9,11H,10,12H2,1H3,(H,21,23). The minimum atomic E-state index is -0.265. The van der Waals surface area contributed by atoms with Crippen molar-refractivity contribution in [2.24, 2.45) is 0 Å². The van der Waals surface area contributed by atoms with Crippen molar-refractivity contribution in [3.8, 4) is 11.3 Å². The Balaban J connectivity index is 1.51. The lowest BCUT2D eigenvalue weighted by atomic mass is 10.1. The second kappa shape index (κ2) is 8.27. The monoisotopic (exact) mass is 372 g/mol. The fourth-order valence-corrected chi connectivity index (χ4v) is 3.92. The Hall–Kier alpha value is -2.18. The van der Waals surface area contributed by atoms with Gasteiger partial charge in [-0.2, -0.15) is 0 Å². The van der Waals surface area contributed by atoms with E-state index in [-0.39, 0.29) is 11.7 Å². The molecule has 2 aromatic carbocycles. The average Bonchev–Trinajstić information content (AvgIpc) is 3.09. The number of hydrogen-bond acceptors (Lipinski definition) is 4. The largest absolute Gasteiger partial charge is 0.351 e. The Bertz CT molecular complexity index is 862. The number of aryl methyl sites for hydroxylation is 1. The molecular weight excluding hydrogens is 355 g/mol. The number of thioether (sulfide) groups is 1. The molecule has 0 aliphatic carbocycles. The van der Waals surface area contributed by atoms with E-state index in [1.807, 2.05) is 36.6 Å². The number of nitrogens with one attached hydrogen (secondary N) is 1. The van der Waals surface area contributed by atoms with Crippen LogP contribution in [-0.4, -0.2) is 16.6 Å². The van der Waals surface area contributed by atoms with E-state index < -0.39 is 0 Å². The van der Waals surface area contributed by atoms with Crippen molar-refractivity contribution in [2.45, 2.75) is 17.8 Å². The lowest BCUT2D eigenvalue weighted by Gasteiger charge is -2.07. The highest BCUT2D eigenvalue weighted by Gasteiger charge is 2.08. The number of thiazole rings is 1. The van der Waals surface area contributed by atoms with E-state index in [0.29, 0.717) is 12.3 Å². The SMILES string of the molecule is Cc1ccccc1CNC(=O)CSc1nc(-c2ccc(F)cc2)cs1. The molecule has 0 atom stereocenters. The van der Waals surface area contributed by atoms with E-state index in [4.69, 9.17) is 0 Å². The van der Waals surface area contributed by atoms with Gasteiger partial charge in [0.2, 0.25) is 5.91 Å². The molecule has 0 radical (unpaired) electrons. The summed E-state index contributed by atoms with van der Waals surface area (Å²) in [5.74, 6) is 0.0353. The maximum absolute atomic E-state index is 13.0. The zero-order chi connectivity index (χ0) is 17.6. The molecule has 0 fully saturated rings. The fraction of sp³-hybridized carbons (Fsp3) is 0.158. The summed E-state index contributed by atoms with van der Waals surface area (Å²) in [5.41, 5.74) is 3.95. The van der Waals surface area contributed by atoms with Crippen LogP contribution in [0.5, 0.6) is 0 Å². The molecule has 3 nitrogen and oxygen atoms in total. The number of halogens is 1. The second-order valence-corrected chi connectivity index (χ2v) is 7.58. The third-order valence-electron chi connectivity index (χ3n) is 3.69. The predicted octanol–water partition coefficient (Wildman–Crippen LogP) is 4.67. The molecule has 1 N–H and O–H groups in total. The van der Waals surface area contributed by atoms with Gasteiger partial charge in [-0.3, -0.25) is 4.79 Å². The molecule has 3 rings (SSSR count). The molecule has 0 unspecified atom stereocenters. The fourth-order valence-electron chi connectivity index (χ4n) is 2.26. The maximum atomic E-state index is 13.0. The molecule has 1 amide bonds. The zero-order valence-corrected chi connectivity index (χ0v) is 15.3. The normalized spacial score (nSPS) is 10.6. The van der Waals surface area contributed by atoms with Gasteiger partial charge >= 0.3 is 0 Å². The number of carbonyl (C=O) groups is 1. The van der Waals surface area contributed by atoms with Crippen LogP contribution in [0, 0.1) is 12.7 Å². The summed E-state index contributed by atoms with van der Waals surface area (Å²) in [6.45, 7) is 2.56. The highest BCUT2D eigenvalue weighted by molar-refractivity contribution is 8.01. The van der Waals surface area contributed by atoms with Crippen LogP contribution in [-0.2, 0) is 11.3 Å². The van der Waals surface area contributed by atoms with Gasteiger partial charge in [0.1, 0.15) is 5.82 Å². The van der Waals surface area contributed by atoms with Crippen LogP contribution in [0.1, 0.15) is 11.1 Å². The van der Waals surface area contributed by atoms with Crippen LogP contribution >= 0.6 is 23.1 Å². The first-order valence-corrected chi connectivity index (χ1v) is 9.64. The molecule has 0 aliphatic heterocycles. The molecule has 1 aromatic heterocycles. The molecule has 3 aromatic rings. The summed E-state index contributed by atoms with van der Waals surface area (Å²) >= 11 is 2.89. The summed E-state index contributed by atoms with van der Waals surface area (Å²) in [7, 11) is 0. The van der Waals surface area contributed by atoms with E-state index in [1.165, 1.54) is 40.8 Å². The van der Waals surface area contributed by atoms with Crippen molar-refractivity contribution >= 4 is 29.0 Å². The molecular formula is C19H17FN2OS2. The van der Waals surface area contributed by atoms with E-state index in [9.17, 15) is 9.18 Å². The Kier molecular flexibility index (Phi) is 5.83. The van der Waals surface area contributed by atoms with Crippen molar-refractivity contribution < 1.29 is 9.18 Å². The van der Waals surface area contributed by atoms with Gasteiger partial charge in [-0.25, -0.2) is 9.37 Å².